The van der Waals surface area contributed by atoms with Gasteiger partial charge in [-0.3, -0.25) is 4.79 Å². The summed E-state index contributed by atoms with van der Waals surface area (Å²) in [5.74, 6) is -1.35. The third kappa shape index (κ3) is 17.6. The van der Waals surface area contributed by atoms with Crippen LogP contribution in [-0.2, 0) is 14.3 Å². The summed E-state index contributed by atoms with van der Waals surface area (Å²) in [6, 6.07) is 0. The minimum absolute atomic E-state index is 0.157. The molecule has 0 aliphatic heterocycles. The van der Waals surface area contributed by atoms with Crippen LogP contribution in [0.25, 0.3) is 0 Å². The maximum atomic E-state index is 9.96. The van der Waals surface area contributed by atoms with Crippen LogP contribution in [0.5, 0.6) is 0 Å². The summed E-state index contributed by atoms with van der Waals surface area (Å²) in [6.45, 7) is 0.978. The van der Waals surface area contributed by atoms with Crippen molar-refractivity contribution in [3.63, 3.8) is 0 Å². The Bertz CT molecular complexity index is 114. The van der Waals surface area contributed by atoms with Crippen molar-refractivity contribution in [2.45, 2.75) is 13.3 Å². The average molecular weight is 164 g/mol. The first-order chi connectivity index (χ1) is 5.08. The van der Waals surface area contributed by atoms with Gasteiger partial charge in [0.2, 0.25) is 0 Å². The molecule has 0 heterocycles. The van der Waals surface area contributed by atoms with Crippen molar-refractivity contribution in [3.8, 4) is 0 Å². The topological polar surface area (TPSA) is 83.8 Å². The van der Waals surface area contributed by atoms with Crippen LogP contribution < -0.4 is 0 Å². The second-order valence-corrected chi connectivity index (χ2v) is 1.48. The molecule has 0 atom stereocenters. The van der Waals surface area contributed by atoms with Crippen LogP contribution in [0.4, 0.5) is 0 Å². The van der Waals surface area contributed by atoms with Crippen LogP contribution >= 0.6 is 0 Å². The molecule has 5 heteroatoms. The summed E-state index contributed by atoms with van der Waals surface area (Å²) < 4.78 is 4.26. The van der Waals surface area contributed by atoms with Crippen LogP contribution in [0, 0.1) is 0 Å². The number of carbonyl (C=O) groups is 2. The lowest BCUT2D eigenvalue weighted by Gasteiger charge is -1.87. The van der Waals surface area contributed by atoms with Gasteiger partial charge in [0.15, 0.2) is 0 Å². The number of aliphatic hydroxyl groups excluding tert-OH is 1. The molecule has 2 N–H and O–H groups in total. The first-order valence-electron chi connectivity index (χ1n) is 2.97. The Morgan fingerprint density at radius 2 is 1.82 bits per heavy atom. The molecule has 0 saturated heterocycles. The van der Waals surface area contributed by atoms with E-state index >= 15 is 0 Å². The minimum Gasteiger partial charge on any atom is -0.480 e. The highest BCUT2D eigenvalue weighted by atomic mass is 16.5. The number of hydrogen-bond acceptors (Lipinski definition) is 4. The molecule has 0 rings (SSSR count). The Hall–Kier alpha value is -1.10. The number of carboxylic acid groups (broad SMARTS) is 1. The summed E-state index contributed by atoms with van der Waals surface area (Å²) in [7, 11) is 1.38. The van der Waals surface area contributed by atoms with Gasteiger partial charge in [-0.2, -0.15) is 0 Å². The smallest absolute Gasteiger partial charge is 0.329 e. The molecule has 0 aromatic carbocycles. The van der Waals surface area contributed by atoms with Gasteiger partial charge in [0.1, 0.15) is 6.61 Å². The predicted molar refractivity (Wildman–Crippen MR) is 37.0 cm³/mol. The highest BCUT2D eigenvalue weighted by Gasteiger charge is 1.87. The molecule has 0 saturated carbocycles. The zero-order valence-corrected chi connectivity index (χ0v) is 6.53. The molecule has 0 radical (unpaired) electrons. The molecule has 0 aromatic rings. The second kappa shape index (κ2) is 8.90. The van der Waals surface area contributed by atoms with Crippen molar-refractivity contribution < 1.29 is 24.5 Å². The van der Waals surface area contributed by atoms with Crippen molar-refractivity contribution in [2.75, 3.05) is 13.7 Å². The number of aliphatic carboxylic acids is 1. The van der Waals surface area contributed by atoms with Crippen molar-refractivity contribution >= 4 is 11.9 Å². The fourth-order valence-electron chi connectivity index (χ4n) is 0.144. The average Bonchev–Trinajstić information content (AvgIpc) is 2.04. The van der Waals surface area contributed by atoms with E-state index in [9.17, 15) is 4.79 Å². The van der Waals surface area contributed by atoms with E-state index in [2.05, 4.69) is 4.74 Å². The van der Waals surface area contributed by atoms with Gasteiger partial charge in [-0.05, 0) is 0 Å². The largest absolute Gasteiger partial charge is 0.480 e. The van der Waals surface area contributed by atoms with Crippen LogP contribution in [0.15, 0.2) is 0 Å². The van der Waals surface area contributed by atoms with E-state index in [1.165, 1.54) is 7.11 Å². The molecule has 0 unspecified atom stereocenters. The van der Waals surface area contributed by atoms with Crippen molar-refractivity contribution in [1.82, 2.24) is 0 Å². The number of ether oxygens (including phenoxy) is 1. The SMILES string of the molecule is CCC(=O)OC.O=C(O)CO. The van der Waals surface area contributed by atoms with Crippen LogP contribution in [0.2, 0.25) is 0 Å². The monoisotopic (exact) mass is 164 g/mol. The highest BCUT2D eigenvalue weighted by Crippen LogP contribution is 1.76. The summed E-state index contributed by atoms with van der Waals surface area (Å²) >= 11 is 0. The van der Waals surface area contributed by atoms with Gasteiger partial charge >= 0.3 is 11.9 Å². The van der Waals surface area contributed by atoms with Crippen LogP contribution in [0.3, 0.4) is 0 Å². The zero-order chi connectivity index (χ0) is 9.28. The quantitative estimate of drug-likeness (QED) is 0.544. The van der Waals surface area contributed by atoms with Gasteiger partial charge in [0.25, 0.3) is 0 Å². The van der Waals surface area contributed by atoms with E-state index in [0.29, 0.717) is 6.42 Å². The molecule has 0 spiro atoms. The second-order valence-electron chi connectivity index (χ2n) is 1.48. The maximum absolute atomic E-state index is 9.96. The zero-order valence-electron chi connectivity index (χ0n) is 6.53. The predicted octanol–water partition coefficient (Wildman–Crippen LogP) is -0.367. The number of carbonyl (C=O) groups excluding carboxylic acids is 1. The Balaban J connectivity index is 0. The third-order valence-electron chi connectivity index (χ3n) is 0.652. The van der Waals surface area contributed by atoms with E-state index in [4.69, 9.17) is 15.0 Å². The van der Waals surface area contributed by atoms with E-state index in [-0.39, 0.29) is 5.97 Å². The van der Waals surface area contributed by atoms with Crippen molar-refractivity contribution in [2.24, 2.45) is 0 Å². The highest BCUT2D eigenvalue weighted by molar-refractivity contribution is 5.68. The molecular weight excluding hydrogens is 152 g/mol. The van der Waals surface area contributed by atoms with E-state index in [1.54, 1.807) is 6.92 Å². The Kier molecular flexibility index (Phi) is 10.2. The number of rotatable bonds is 2. The van der Waals surface area contributed by atoms with Gasteiger partial charge in [-0.15, -0.1) is 0 Å². The van der Waals surface area contributed by atoms with Gasteiger partial charge < -0.3 is 14.9 Å². The molecule has 66 valence electrons. The van der Waals surface area contributed by atoms with Crippen LogP contribution in [0.1, 0.15) is 13.3 Å². The third-order valence-corrected chi connectivity index (χ3v) is 0.652. The molecule has 0 aromatic heterocycles. The number of esters is 1. The molecule has 0 amide bonds. The Morgan fingerprint density at radius 3 is 1.82 bits per heavy atom. The number of methoxy groups -OCH3 is 1. The normalized spacial score (nSPS) is 7.55. The van der Waals surface area contributed by atoms with Gasteiger partial charge in [0.05, 0.1) is 7.11 Å². The van der Waals surface area contributed by atoms with Crippen LogP contribution in [-0.4, -0.2) is 35.9 Å². The summed E-state index contributed by atoms with van der Waals surface area (Å²) in [6.07, 6.45) is 0.469. The first kappa shape index (κ1) is 12.6. The number of carboxylic acids is 1. The van der Waals surface area contributed by atoms with Gasteiger partial charge in [0, 0.05) is 6.42 Å². The molecule has 5 nitrogen and oxygen atoms in total. The Labute approximate surface area is 64.6 Å². The standard InChI is InChI=1S/C4H8O2.C2H4O3/c1-3-4(5)6-2;3-1-2(4)5/h3H2,1-2H3;3H,1H2,(H,4,5). The fraction of sp³-hybridized carbons (Fsp3) is 0.667. The number of aliphatic hydroxyl groups is 1. The molecule has 0 fully saturated rings. The molecule has 11 heavy (non-hydrogen) atoms. The molecular formula is C6H12O5. The minimum atomic E-state index is -1.19. The lowest BCUT2D eigenvalue weighted by molar-refractivity contribution is -0.141. The summed E-state index contributed by atoms with van der Waals surface area (Å²) in [5.41, 5.74) is 0. The van der Waals surface area contributed by atoms with Gasteiger partial charge in [-0.1, -0.05) is 6.92 Å². The molecule has 0 aliphatic rings. The number of hydrogen-bond donors (Lipinski definition) is 2. The van der Waals surface area contributed by atoms with E-state index in [0.717, 1.165) is 0 Å². The maximum Gasteiger partial charge on any atom is 0.329 e. The molecule has 0 aliphatic carbocycles. The van der Waals surface area contributed by atoms with Gasteiger partial charge in [-0.25, -0.2) is 4.79 Å². The fourth-order valence-corrected chi connectivity index (χ4v) is 0.144. The van der Waals surface area contributed by atoms with E-state index in [1.807, 2.05) is 0 Å². The lowest BCUT2D eigenvalue weighted by Crippen LogP contribution is -1.98. The molecule has 0 bridgehead atoms. The van der Waals surface area contributed by atoms with Crippen molar-refractivity contribution in [3.05, 3.63) is 0 Å². The Morgan fingerprint density at radius 1 is 1.45 bits per heavy atom. The summed E-state index contributed by atoms with van der Waals surface area (Å²) in [5, 5.41) is 15.0. The first-order valence-corrected chi connectivity index (χ1v) is 2.97. The lowest BCUT2D eigenvalue weighted by atomic mass is 10.5. The van der Waals surface area contributed by atoms with E-state index < -0.39 is 12.6 Å². The van der Waals surface area contributed by atoms with Crippen molar-refractivity contribution in [1.29, 1.82) is 0 Å². The summed E-state index contributed by atoms with van der Waals surface area (Å²) in [4.78, 5) is 19.1.